The Morgan fingerprint density at radius 3 is 3.00 bits per heavy atom. The topological polar surface area (TPSA) is 75.0 Å². The van der Waals surface area contributed by atoms with Crippen LogP contribution in [0.25, 0.3) is 0 Å². The number of hydrogen-bond acceptors (Lipinski definition) is 3. The fourth-order valence-electron chi connectivity index (χ4n) is 1.64. The monoisotopic (exact) mass is 196 g/mol. The molecule has 0 amide bonds. The molecule has 1 unspecified atom stereocenters. The molecule has 5 nitrogen and oxygen atoms in total. The lowest BCUT2D eigenvalue weighted by Gasteiger charge is -2.07. The van der Waals surface area contributed by atoms with Crippen molar-refractivity contribution in [3.63, 3.8) is 0 Å². The molecule has 1 aromatic rings. The van der Waals surface area contributed by atoms with Crippen LogP contribution in [0.5, 0.6) is 0 Å². The summed E-state index contributed by atoms with van der Waals surface area (Å²) in [5.41, 5.74) is -0.202. The van der Waals surface area contributed by atoms with Gasteiger partial charge in [-0.05, 0) is 12.8 Å². The highest BCUT2D eigenvalue weighted by molar-refractivity contribution is 5.05. The van der Waals surface area contributed by atoms with Crippen molar-refractivity contribution in [2.75, 3.05) is 6.61 Å². The van der Waals surface area contributed by atoms with Crippen LogP contribution >= 0.6 is 0 Å². The molecule has 1 saturated heterocycles. The molecule has 14 heavy (non-hydrogen) atoms. The Morgan fingerprint density at radius 2 is 2.36 bits per heavy atom. The Morgan fingerprint density at radius 1 is 1.50 bits per heavy atom. The van der Waals surface area contributed by atoms with Crippen molar-refractivity contribution in [1.29, 1.82) is 0 Å². The van der Waals surface area contributed by atoms with Gasteiger partial charge in [0.05, 0.1) is 6.10 Å². The predicted octanol–water partition coefficient (Wildman–Crippen LogP) is -0.215. The zero-order valence-electron chi connectivity index (χ0n) is 7.71. The van der Waals surface area contributed by atoms with Crippen molar-refractivity contribution in [3.8, 4) is 0 Å². The van der Waals surface area contributed by atoms with Gasteiger partial charge in [-0.2, -0.15) is 0 Å². The molecule has 0 saturated carbocycles. The van der Waals surface area contributed by atoms with Gasteiger partial charge in [0.15, 0.2) is 0 Å². The molecule has 0 radical (unpaired) electrons. The first-order valence-corrected chi connectivity index (χ1v) is 4.68. The molecule has 1 fully saturated rings. The van der Waals surface area contributed by atoms with E-state index in [1.165, 1.54) is 6.20 Å². The minimum Gasteiger partial charge on any atom is -0.378 e. The number of nitrogens with one attached hydrogen (secondary N) is 2. The van der Waals surface area contributed by atoms with Crippen LogP contribution in [0, 0.1) is 0 Å². The van der Waals surface area contributed by atoms with E-state index in [9.17, 15) is 9.59 Å². The van der Waals surface area contributed by atoms with Gasteiger partial charge < -0.3 is 9.72 Å². The number of hydrogen-bond donors (Lipinski definition) is 2. The van der Waals surface area contributed by atoms with Gasteiger partial charge >= 0.3 is 5.69 Å². The van der Waals surface area contributed by atoms with E-state index >= 15 is 0 Å². The van der Waals surface area contributed by atoms with Gasteiger partial charge in [-0.25, -0.2) is 4.79 Å². The van der Waals surface area contributed by atoms with Crippen molar-refractivity contribution in [1.82, 2.24) is 9.97 Å². The normalized spacial score (nSPS) is 21.3. The van der Waals surface area contributed by atoms with Gasteiger partial charge in [-0.1, -0.05) is 0 Å². The van der Waals surface area contributed by atoms with Crippen molar-refractivity contribution < 1.29 is 4.74 Å². The maximum Gasteiger partial charge on any atom is 0.325 e. The molecule has 0 aromatic carbocycles. The second kappa shape index (κ2) is 3.79. The van der Waals surface area contributed by atoms with Crippen molar-refractivity contribution >= 4 is 0 Å². The molecule has 1 atom stereocenters. The fraction of sp³-hybridized carbons (Fsp3) is 0.556. The van der Waals surface area contributed by atoms with Gasteiger partial charge in [-0.15, -0.1) is 0 Å². The van der Waals surface area contributed by atoms with Crippen LogP contribution in [-0.4, -0.2) is 22.7 Å². The lowest BCUT2D eigenvalue weighted by molar-refractivity contribution is 0.111. The van der Waals surface area contributed by atoms with Crippen LogP contribution < -0.4 is 11.2 Å². The number of ether oxygens (including phenoxy) is 1. The van der Waals surface area contributed by atoms with E-state index in [0.29, 0.717) is 12.0 Å². The highest BCUT2D eigenvalue weighted by atomic mass is 16.5. The SMILES string of the molecule is O=c1[nH]cc(CC2CCCO2)c(=O)[nH]1. The smallest absolute Gasteiger partial charge is 0.325 e. The summed E-state index contributed by atoms with van der Waals surface area (Å²) >= 11 is 0. The zero-order chi connectivity index (χ0) is 9.97. The highest BCUT2D eigenvalue weighted by Crippen LogP contribution is 2.14. The second-order valence-electron chi connectivity index (χ2n) is 3.44. The van der Waals surface area contributed by atoms with E-state index in [1.54, 1.807) is 0 Å². The lowest BCUT2D eigenvalue weighted by atomic mass is 10.1. The van der Waals surface area contributed by atoms with Gasteiger partial charge in [0.1, 0.15) is 0 Å². The summed E-state index contributed by atoms with van der Waals surface area (Å²) in [6.07, 6.45) is 4.20. The Bertz CT molecular complexity index is 415. The van der Waals surface area contributed by atoms with Crippen LogP contribution in [0.2, 0.25) is 0 Å². The third-order valence-corrected chi connectivity index (χ3v) is 2.37. The molecule has 1 aliphatic rings. The highest BCUT2D eigenvalue weighted by Gasteiger charge is 2.17. The van der Waals surface area contributed by atoms with Crippen molar-refractivity contribution in [2.24, 2.45) is 0 Å². The average Bonchev–Trinajstić information content (AvgIpc) is 2.62. The van der Waals surface area contributed by atoms with E-state index in [-0.39, 0.29) is 11.7 Å². The largest absolute Gasteiger partial charge is 0.378 e. The fourth-order valence-corrected chi connectivity index (χ4v) is 1.64. The molecule has 0 spiro atoms. The molecule has 5 heteroatoms. The van der Waals surface area contributed by atoms with Gasteiger partial charge in [0, 0.05) is 24.8 Å². The first kappa shape index (κ1) is 9.21. The van der Waals surface area contributed by atoms with Gasteiger partial charge in [0.25, 0.3) is 5.56 Å². The first-order chi connectivity index (χ1) is 6.75. The third-order valence-electron chi connectivity index (χ3n) is 2.37. The van der Waals surface area contributed by atoms with E-state index in [0.717, 1.165) is 19.4 Å². The van der Waals surface area contributed by atoms with Crippen LogP contribution in [0.1, 0.15) is 18.4 Å². The summed E-state index contributed by atoms with van der Waals surface area (Å²) in [5, 5.41) is 0. The lowest BCUT2D eigenvalue weighted by Crippen LogP contribution is -2.26. The van der Waals surface area contributed by atoms with Crippen molar-refractivity contribution in [2.45, 2.75) is 25.4 Å². The van der Waals surface area contributed by atoms with Crippen LogP contribution in [0.4, 0.5) is 0 Å². The van der Waals surface area contributed by atoms with E-state index < -0.39 is 5.69 Å². The molecular weight excluding hydrogens is 184 g/mol. The number of rotatable bonds is 2. The summed E-state index contributed by atoms with van der Waals surface area (Å²) in [6.45, 7) is 0.770. The molecular formula is C9H12N2O3. The molecule has 1 aromatic heterocycles. The molecule has 76 valence electrons. The zero-order valence-corrected chi connectivity index (χ0v) is 7.71. The van der Waals surface area contributed by atoms with E-state index in [4.69, 9.17) is 4.74 Å². The van der Waals surface area contributed by atoms with Crippen molar-refractivity contribution in [3.05, 3.63) is 32.6 Å². The Balaban J connectivity index is 2.16. The van der Waals surface area contributed by atoms with Gasteiger partial charge in [0.2, 0.25) is 0 Å². The molecule has 2 rings (SSSR count). The maximum absolute atomic E-state index is 11.3. The number of aromatic nitrogens is 2. The first-order valence-electron chi connectivity index (χ1n) is 4.68. The third kappa shape index (κ3) is 1.93. The molecule has 0 aliphatic carbocycles. The quantitative estimate of drug-likeness (QED) is 0.687. The molecule has 2 N–H and O–H groups in total. The summed E-state index contributed by atoms with van der Waals surface area (Å²) in [7, 11) is 0. The van der Waals surface area contributed by atoms with Crippen LogP contribution in [0.15, 0.2) is 15.8 Å². The van der Waals surface area contributed by atoms with E-state index in [2.05, 4.69) is 9.97 Å². The van der Waals surface area contributed by atoms with Crippen LogP contribution in [-0.2, 0) is 11.2 Å². The molecule has 0 bridgehead atoms. The number of H-pyrrole nitrogens is 2. The summed E-state index contributed by atoms with van der Waals surface area (Å²) in [4.78, 5) is 26.7. The molecule has 1 aliphatic heterocycles. The predicted molar refractivity (Wildman–Crippen MR) is 50.4 cm³/mol. The van der Waals surface area contributed by atoms with E-state index in [1.807, 2.05) is 0 Å². The standard InChI is InChI=1S/C9H12N2O3/c12-8-6(5-10-9(13)11-8)4-7-2-1-3-14-7/h5,7H,1-4H2,(H2,10,11,12,13). The Hall–Kier alpha value is -1.36. The van der Waals surface area contributed by atoms with Crippen LogP contribution in [0.3, 0.4) is 0 Å². The average molecular weight is 196 g/mol. The summed E-state index contributed by atoms with van der Waals surface area (Å²) in [5.74, 6) is 0. The maximum atomic E-state index is 11.3. The molecule has 2 heterocycles. The van der Waals surface area contributed by atoms with Gasteiger partial charge in [-0.3, -0.25) is 9.78 Å². The Kier molecular flexibility index (Phi) is 2.49. The Labute approximate surface area is 80.1 Å². The minimum absolute atomic E-state index is 0.127. The summed E-state index contributed by atoms with van der Waals surface area (Å²) < 4.78 is 5.40. The minimum atomic E-state index is -0.467. The number of aromatic amines is 2. The second-order valence-corrected chi connectivity index (χ2v) is 3.44. The summed E-state index contributed by atoms with van der Waals surface area (Å²) in [6, 6.07) is 0.